The molecule has 0 aliphatic rings. The summed E-state index contributed by atoms with van der Waals surface area (Å²) in [4.78, 5) is 0. The van der Waals surface area contributed by atoms with Crippen molar-refractivity contribution in [3.63, 3.8) is 0 Å². The van der Waals surface area contributed by atoms with Crippen LogP contribution in [0.1, 0.15) is 53.4 Å². The largest absolute Gasteiger partial charge is 0.0856 e. The van der Waals surface area contributed by atoms with Crippen LogP contribution in [0, 0.1) is 6.42 Å². The molecule has 0 aliphatic heterocycles. The SMILES string of the molecule is C[CH]CCC=C(C)CCC=C(C)C. The number of rotatable bonds is 6. The molecule has 0 atom stereocenters. The fourth-order valence-corrected chi connectivity index (χ4v) is 1.19. The second-order valence-corrected chi connectivity index (χ2v) is 3.86. The maximum atomic E-state index is 2.36. The van der Waals surface area contributed by atoms with Crippen LogP contribution in [0.5, 0.6) is 0 Å². The van der Waals surface area contributed by atoms with E-state index in [1.54, 1.807) is 0 Å². The summed E-state index contributed by atoms with van der Waals surface area (Å²) in [5.74, 6) is 0. The van der Waals surface area contributed by atoms with E-state index >= 15 is 0 Å². The average Bonchev–Trinajstić information content (AvgIpc) is 2.04. The van der Waals surface area contributed by atoms with E-state index in [-0.39, 0.29) is 0 Å². The first-order valence-corrected chi connectivity index (χ1v) is 5.23. The van der Waals surface area contributed by atoms with Crippen molar-refractivity contribution in [1.29, 1.82) is 0 Å². The van der Waals surface area contributed by atoms with Crippen molar-refractivity contribution in [2.75, 3.05) is 0 Å². The molecule has 0 saturated carbocycles. The van der Waals surface area contributed by atoms with Gasteiger partial charge in [0.15, 0.2) is 0 Å². The molecule has 0 aromatic heterocycles. The van der Waals surface area contributed by atoms with Gasteiger partial charge in [-0.05, 0) is 52.9 Å². The fourth-order valence-electron chi connectivity index (χ4n) is 1.19. The molecular weight excluding hydrogens is 156 g/mol. The molecule has 13 heavy (non-hydrogen) atoms. The molecule has 0 nitrogen and oxygen atoms in total. The zero-order valence-electron chi connectivity index (χ0n) is 9.56. The maximum Gasteiger partial charge on any atom is -0.0288 e. The Balaban J connectivity index is 3.55. The Kier molecular flexibility index (Phi) is 7.77. The van der Waals surface area contributed by atoms with Crippen LogP contribution in [0.25, 0.3) is 0 Å². The van der Waals surface area contributed by atoms with E-state index < -0.39 is 0 Å². The topological polar surface area (TPSA) is 0 Å². The number of allylic oxidation sites excluding steroid dienone is 4. The lowest BCUT2D eigenvalue weighted by Gasteiger charge is -1.98. The molecule has 0 aromatic carbocycles. The first-order chi connectivity index (χ1) is 6.16. The van der Waals surface area contributed by atoms with Crippen molar-refractivity contribution in [1.82, 2.24) is 0 Å². The zero-order valence-corrected chi connectivity index (χ0v) is 9.56. The molecule has 0 spiro atoms. The standard InChI is InChI=1S/C13H23/c1-5-6-7-10-13(4)11-8-9-12(2)3/h5,9-10H,6-8,11H2,1-4H3. The van der Waals surface area contributed by atoms with E-state index in [1.807, 2.05) is 0 Å². The summed E-state index contributed by atoms with van der Waals surface area (Å²) in [6, 6.07) is 0. The van der Waals surface area contributed by atoms with Crippen LogP contribution in [0.4, 0.5) is 0 Å². The minimum atomic E-state index is 1.19. The highest BCUT2D eigenvalue weighted by Gasteiger charge is 1.88. The third kappa shape index (κ3) is 9.39. The lowest BCUT2D eigenvalue weighted by atomic mass is 10.1. The first-order valence-electron chi connectivity index (χ1n) is 5.23. The number of hydrogen-bond acceptors (Lipinski definition) is 0. The van der Waals surface area contributed by atoms with Gasteiger partial charge in [-0.25, -0.2) is 0 Å². The summed E-state index contributed by atoms with van der Waals surface area (Å²) < 4.78 is 0. The van der Waals surface area contributed by atoms with Gasteiger partial charge in [0.1, 0.15) is 0 Å². The van der Waals surface area contributed by atoms with Gasteiger partial charge in [0, 0.05) is 0 Å². The van der Waals surface area contributed by atoms with E-state index in [0.29, 0.717) is 0 Å². The van der Waals surface area contributed by atoms with Gasteiger partial charge < -0.3 is 0 Å². The predicted octanol–water partition coefficient (Wildman–Crippen LogP) is 4.68. The van der Waals surface area contributed by atoms with Crippen molar-refractivity contribution in [2.45, 2.75) is 53.4 Å². The summed E-state index contributed by atoms with van der Waals surface area (Å²) in [7, 11) is 0. The third-order valence-electron chi connectivity index (χ3n) is 2.04. The Bertz CT molecular complexity index is 168. The van der Waals surface area contributed by atoms with Crippen molar-refractivity contribution in [3.8, 4) is 0 Å². The second kappa shape index (κ2) is 8.10. The molecular formula is C13H23. The van der Waals surface area contributed by atoms with E-state index in [0.717, 1.165) is 0 Å². The predicted molar refractivity (Wildman–Crippen MR) is 61.6 cm³/mol. The highest BCUT2D eigenvalue weighted by molar-refractivity contribution is 5.02. The summed E-state index contributed by atoms with van der Waals surface area (Å²) >= 11 is 0. The zero-order chi connectivity index (χ0) is 10.1. The molecule has 0 aromatic rings. The smallest absolute Gasteiger partial charge is 0.0288 e. The van der Waals surface area contributed by atoms with Crippen molar-refractivity contribution < 1.29 is 0 Å². The molecule has 0 amide bonds. The third-order valence-corrected chi connectivity index (χ3v) is 2.04. The van der Waals surface area contributed by atoms with Crippen LogP contribution in [0.15, 0.2) is 23.3 Å². The molecule has 1 radical (unpaired) electrons. The monoisotopic (exact) mass is 179 g/mol. The normalized spacial score (nSPS) is 11.5. The molecule has 0 heteroatoms. The van der Waals surface area contributed by atoms with Crippen molar-refractivity contribution >= 4 is 0 Å². The van der Waals surface area contributed by atoms with Gasteiger partial charge in [0.2, 0.25) is 0 Å². The molecule has 0 fully saturated rings. The molecule has 0 N–H and O–H groups in total. The van der Waals surface area contributed by atoms with Crippen LogP contribution in [0.3, 0.4) is 0 Å². The van der Waals surface area contributed by atoms with Gasteiger partial charge in [-0.3, -0.25) is 0 Å². The first kappa shape index (κ1) is 12.5. The van der Waals surface area contributed by atoms with Crippen LogP contribution >= 0.6 is 0 Å². The molecule has 75 valence electrons. The van der Waals surface area contributed by atoms with Crippen molar-refractivity contribution in [2.24, 2.45) is 0 Å². The molecule has 0 aliphatic carbocycles. The lowest BCUT2D eigenvalue weighted by Crippen LogP contribution is -1.78. The highest BCUT2D eigenvalue weighted by atomic mass is 13.9. The molecule has 0 saturated heterocycles. The summed E-state index contributed by atoms with van der Waals surface area (Å²) in [6.07, 6.45) is 11.7. The van der Waals surface area contributed by atoms with E-state index in [4.69, 9.17) is 0 Å². The summed E-state index contributed by atoms with van der Waals surface area (Å²) in [5, 5.41) is 0. The van der Waals surface area contributed by atoms with E-state index in [9.17, 15) is 0 Å². The Morgan fingerprint density at radius 2 is 1.62 bits per heavy atom. The summed E-state index contributed by atoms with van der Waals surface area (Å²) in [6.45, 7) is 8.66. The molecule has 0 bridgehead atoms. The molecule has 0 unspecified atom stereocenters. The second-order valence-electron chi connectivity index (χ2n) is 3.86. The van der Waals surface area contributed by atoms with Gasteiger partial charge in [-0.15, -0.1) is 0 Å². The van der Waals surface area contributed by atoms with E-state index in [2.05, 4.69) is 46.3 Å². The van der Waals surface area contributed by atoms with Gasteiger partial charge >= 0.3 is 0 Å². The van der Waals surface area contributed by atoms with Crippen LogP contribution in [0.2, 0.25) is 0 Å². The van der Waals surface area contributed by atoms with Gasteiger partial charge in [-0.1, -0.05) is 30.2 Å². The lowest BCUT2D eigenvalue weighted by molar-refractivity contribution is 0.916. The van der Waals surface area contributed by atoms with Gasteiger partial charge in [0.05, 0.1) is 0 Å². The average molecular weight is 179 g/mol. The van der Waals surface area contributed by atoms with Crippen LogP contribution in [-0.2, 0) is 0 Å². The Hall–Kier alpha value is -0.520. The van der Waals surface area contributed by atoms with Gasteiger partial charge in [0.25, 0.3) is 0 Å². The molecule has 0 heterocycles. The van der Waals surface area contributed by atoms with E-state index in [1.165, 1.54) is 36.8 Å². The Morgan fingerprint density at radius 3 is 2.15 bits per heavy atom. The number of unbranched alkanes of at least 4 members (excludes halogenated alkanes) is 2. The number of hydrogen-bond donors (Lipinski definition) is 0. The Morgan fingerprint density at radius 1 is 0.923 bits per heavy atom. The Labute approximate surface area is 83.7 Å². The highest BCUT2D eigenvalue weighted by Crippen LogP contribution is 2.08. The van der Waals surface area contributed by atoms with Gasteiger partial charge in [-0.2, -0.15) is 0 Å². The van der Waals surface area contributed by atoms with Crippen LogP contribution in [-0.4, -0.2) is 0 Å². The maximum absolute atomic E-state index is 2.36. The fraction of sp³-hybridized carbons (Fsp3) is 0.615. The minimum absolute atomic E-state index is 1.19. The minimum Gasteiger partial charge on any atom is -0.0856 e. The summed E-state index contributed by atoms with van der Waals surface area (Å²) in [5.41, 5.74) is 2.95. The van der Waals surface area contributed by atoms with Crippen molar-refractivity contribution in [3.05, 3.63) is 29.7 Å². The van der Waals surface area contributed by atoms with Crippen LogP contribution < -0.4 is 0 Å². The quantitative estimate of drug-likeness (QED) is 0.410. The molecule has 0 rings (SSSR count).